The molecular formula is C36H58N4O2S. The number of thioether (sulfide) groups is 1. The Morgan fingerprint density at radius 3 is 1.95 bits per heavy atom. The van der Waals surface area contributed by atoms with Gasteiger partial charge in [-0.25, -0.2) is 0 Å². The molecule has 1 aliphatic rings. The Hall–Kier alpha value is -2.64. The minimum absolute atomic E-state index is 0.167. The summed E-state index contributed by atoms with van der Waals surface area (Å²) in [6, 6.07) is 10.7. The average Bonchev–Trinajstić information content (AvgIpc) is 3.29. The first-order valence-electron chi connectivity index (χ1n) is 15.2. The van der Waals surface area contributed by atoms with Crippen molar-refractivity contribution in [2.45, 2.75) is 106 Å². The highest BCUT2D eigenvalue weighted by Gasteiger charge is 2.29. The van der Waals surface area contributed by atoms with Gasteiger partial charge in [0.25, 0.3) is 0 Å². The van der Waals surface area contributed by atoms with E-state index in [9.17, 15) is 4.79 Å². The zero-order valence-corrected chi connectivity index (χ0v) is 30.4. The van der Waals surface area contributed by atoms with Crippen LogP contribution in [-0.2, 0) is 15.7 Å². The Labute approximate surface area is 266 Å². The SMILES string of the molecule is CC(C)=O.CC1=CC(C)CCC1Oc1ccc2nnc(C(C)(C)N(C)C)n2c1.CSC.Cc1cc(C)cc(C(C)(C)C)c1. The summed E-state index contributed by atoms with van der Waals surface area (Å²) in [5, 5.41) is 8.70. The number of carbonyl (C=O) groups is 1. The van der Waals surface area contributed by atoms with Crippen molar-refractivity contribution in [3.8, 4) is 5.75 Å². The molecule has 4 rings (SSSR count). The number of ketones is 1. The summed E-state index contributed by atoms with van der Waals surface area (Å²) in [6.45, 7) is 22.8. The molecule has 0 saturated heterocycles. The molecule has 0 bridgehead atoms. The largest absolute Gasteiger partial charge is 0.485 e. The number of benzene rings is 1. The van der Waals surface area contributed by atoms with Crippen molar-refractivity contribution in [1.82, 2.24) is 19.5 Å². The van der Waals surface area contributed by atoms with Gasteiger partial charge >= 0.3 is 0 Å². The zero-order valence-electron chi connectivity index (χ0n) is 29.6. The van der Waals surface area contributed by atoms with Crippen LogP contribution in [-0.4, -0.2) is 58.0 Å². The van der Waals surface area contributed by atoms with Gasteiger partial charge in [-0.1, -0.05) is 63.1 Å². The number of Topliss-reactive ketones (excluding diaryl/α,β-unsaturated/α-hetero) is 1. The molecule has 2 unspecified atom stereocenters. The Morgan fingerprint density at radius 2 is 1.49 bits per heavy atom. The number of ether oxygens (including phenoxy) is 1. The van der Waals surface area contributed by atoms with E-state index in [4.69, 9.17) is 4.74 Å². The summed E-state index contributed by atoms with van der Waals surface area (Å²) in [5.41, 5.74) is 6.38. The third-order valence-electron chi connectivity index (χ3n) is 7.35. The molecule has 2 atom stereocenters. The molecule has 240 valence electrons. The molecule has 2 heterocycles. The van der Waals surface area contributed by atoms with Gasteiger partial charge in [0.05, 0.1) is 11.7 Å². The van der Waals surface area contributed by atoms with E-state index >= 15 is 0 Å². The lowest BCUT2D eigenvalue weighted by atomic mass is 9.85. The Kier molecular flexibility index (Phi) is 15.2. The molecule has 43 heavy (non-hydrogen) atoms. The minimum atomic E-state index is -0.214. The quantitative estimate of drug-likeness (QED) is 0.275. The molecule has 3 aromatic rings. The zero-order chi connectivity index (χ0) is 33.1. The van der Waals surface area contributed by atoms with Gasteiger partial charge in [0.15, 0.2) is 11.5 Å². The molecule has 0 saturated carbocycles. The van der Waals surface area contributed by atoms with Crippen molar-refractivity contribution in [2.75, 3.05) is 26.6 Å². The third-order valence-corrected chi connectivity index (χ3v) is 7.35. The van der Waals surface area contributed by atoms with Crippen LogP contribution in [0.3, 0.4) is 0 Å². The number of nitrogens with zero attached hydrogens (tertiary/aromatic N) is 4. The van der Waals surface area contributed by atoms with E-state index in [0.717, 1.165) is 23.6 Å². The average molecular weight is 611 g/mol. The standard InChI is InChI=1S/C19H28N4O.C12H18.C3H6O.C2H6S/c1-13-7-9-16(14(2)11-13)24-15-8-10-17-20-21-18(23(17)12-15)19(3,4)22(5)6;1-9-6-10(2)8-11(7-9)12(3,4)5;1-3(2)4;1-3-2/h8,10-13,16H,7,9H2,1-6H3;6-8H,1-5H3;1-2H3;1-2H3. The summed E-state index contributed by atoms with van der Waals surface area (Å²) in [5.74, 6) is 2.60. The summed E-state index contributed by atoms with van der Waals surface area (Å²) in [7, 11) is 4.11. The van der Waals surface area contributed by atoms with Crippen molar-refractivity contribution >= 4 is 23.2 Å². The summed E-state index contributed by atoms with van der Waals surface area (Å²) in [4.78, 5) is 11.6. The van der Waals surface area contributed by atoms with E-state index in [0.29, 0.717) is 5.92 Å². The van der Waals surface area contributed by atoms with E-state index in [1.807, 2.05) is 35.2 Å². The normalized spacial score (nSPS) is 16.6. The van der Waals surface area contributed by atoms with E-state index in [2.05, 4.69) is 116 Å². The number of aromatic nitrogens is 3. The Balaban J connectivity index is 0.000000405. The summed E-state index contributed by atoms with van der Waals surface area (Å²) >= 11 is 1.75. The van der Waals surface area contributed by atoms with E-state index in [-0.39, 0.29) is 22.8 Å². The van der Waals surface area contributed by atoms with Gasteiger partial charge in [-0.2, -0.15) is 11.8 Å². The van der Waals surface area contributed by atoms with Gasteiger partial charge in [-0.05, 0) is 123 Å². The number of allylic oxidation sites excluding steroid dienone is 1. The number of hydrogen-bond acceptors (Lipinski definition) is 6. The smallest absolute Gasteiger partial charge is 0.161 e. The van der Waals surface area contributed by atoms with Gasteiger partial charge in [0.2, 0.25) is 0 Å². The maximum absolute atomic E-state index is 9.44. The maximum Gasteiger partial charge on any atom is 0.161 e. The van der Waals surface area contributed by atoms with E-state index in [1.54, 1.807) is 11.8 Å². The molecule has 0 spiro atoms. The lowest BCUT2D eigenvalue weighted by Gasteiger charge is -2.30. The predicted octanol–water partition coefficient (Wildman–Crippen LogP) is 8.83. The van der Waals surface area contributed by atoms with Crippen LogP contribution in [0.15, 0.2) is 48.2 Å². The first kappa shape index (κ1) is 38.4. The highest BCUT2D eigenvalue weighted by molar-refractivity contribution is 7.97. The van der Waals surface area contributed by atoms with Crippen molar-refractivity contribution in [3.05, 3.63) is 70.7 Å². The van der Waals surface area contributed by atoms with Crippen LogP contribution in [0.1, 0.15) is 97.7 Å². The molecule has 1 aromatic carbocycles. The fraction of sp³-hybridized carbons (Fsp3) is 0.583. The molecule has 0 aliphatic heterocycles. The second-order valence-electron chi connectivity index (χ2n) is 13.6. The molecular weight excluding hydrogens is 552 g/mol. The molecule has 0 fully saturated rings. The summed E-state index contributed by atoms with van der Waals surface area (Å²) < 4.78 is 8.30. The van der Waals surface area contributed by atoms with Gasteiger partial charge in [0, 0.05) is 0 Å². The van der Waals surface area contributed by atoms with Crippen LogP contribution < -0.4 is 4.74 Å². The number of hydrogen-bond donors (Lipinski definition) is 0. The molecule has 0 radical (unpaired) electrons. The van der Waals surface area contributed by atoms with Crippen LogP contribution in [0.2, 0.25) is 0 Å². The fourth-order valence-electron chi connectivity index (χ4n) is 4.56. The van der Waals surface area contributed by atoms with Crippen LogP contribution in [0.4, 0.5) is 0 Å². The Bertz CT molecular complexity index is 1310. The van der Waals surface area contributed by atoms with Crippen LogP contribution in [0.25, 0.3) is 5.65 Å². The summed E-state index contributed by atoms with van der Waals surface area (Å²) in [6.07, 6.45) is 10.8. The highest BCUT2D eigenvalue weighted by atomic mass is 32.2. The monoisotopic (exact) mass is 610 g/mol. The number of pyridine rings is 1. The topological polar surface area (TPSA) is 59.7 Å². The van der Waals surface area contributed by atoms with Crippen molar-refractivity contribution in [2.24, 2.45) is 5.92 Å². The van der Waals surface area contributed by atoms with Gasteiger partial charge in [-0.3, -0.25) is 9.30 Å². The van der Waals surface area contributed by atoms with Crippen LogP contribution in [0, 0.1) is 19.8 Å². The molecule has 0 amide bonds. The second kappa shape index (κ2) is 17.0. The van der Waals surface area contributed by atoms with Crippen LogP contribution >= 0.6 is 11.8 Å². The van der Waals surface area contributed by atoms with Crippen LogP contribution in [0.5, 0.6) is 5.75 Å². The molecule has 2 aromatic heterocycles. The van der Waals surface area contributed by atoms with E-state index in [1.165, 1.54) is 42.5 Å². The van der Waals surface area contributed by atoms with Gasteiger partial charge in [0.1, 0.15) is 17.6 Å². The fourth-order valence-corrected chi connectivity index (χ4v) is 4.56. The number of aryl methyl sites for hydroxylation is 2. The molecule has 6 nitrogen and oxygen atoms in total. The van der Waals surface area contributed by atoms with Gasteiger partial charge in [-0.15, -0.1) is 10.2 Å². The van der Waals surface area contributed by atoms with Crippen molar-refractivity contribution in [1.29, 1.82) is 0 Å². The Morgan fingerprint density at radius 1 is 0.953 bits per heavy atom. The van der Waals surface area contributed by atoms with Crippen molar-refractivity contribution < 1.29 is 9.53 Å². The minimum Gasteiger partial charge on any atom is -0.485 e. The molecule has 1 aliphatic carbocycles. The van der Waals surface area contributed by atoms with E-state index < -0.39 is 0 Å². The maximum atomic E-state index is 9.44. The highest BCUT2D eigenvalue weighted by Crippen LogP contribution is 2.29. The van der Waals surface area contributed by atoms with Gasteiger partial charge < -0.3 is 9.53 Å². The third kappa shape index (κ3) is 12.5. The number of rotatable bonds is 4. The second-order valence-corrected chi connectivity index (χ2v) is 14.4. The first-order chi connectivity index (χ1) is 19.8. The molecule has 7 heteroatoms. The lowest BCUT2D eigenvalue weighted by molar-refractivity contribution is -0.115. The predicted molar refractivity (Wildman–Crippen MR) is 187 cm³/mol. The molecule has 0 N–H and O–H groups in total. The number of carbonyl (C=O) groups excluding carboxylic acids is 1. The lowest BCUT2D eigenvalue weighted by Crippen LogP contribution is -2.37. The first-order valence-corrected chi connectivity index (χ1v) is 16.8. The number of fused-ring (bicyclic) bond motifs is 1. The van der Waals surface area contributed by atoms with Crippen molar-refractivity contribution in [3.63, 3.8) is 0 Å².